The molecule has 0 amide bonds. The van der Waals surface area contributed by atoms with Gasteiger partial charge in [0.1, 0.15) is 12.4 Å². The maximum atomic E-state index is 11.7. The van der Waals surface area contributed by atoms with Gasteiger partial charge < -0.3 is 4.74 Å². The van der Waals surface area contributed by atoms with Crippen molar-refractivity contribution in [3.63, 3.8) is 0 Å². The summed E-state index contributed by atoms with van der Waals surface area (Å²) >= 11 is 0. The lowest BCUT2D eigenvalue weighted by molar-refractivity contribution is -0.325. The predicted octanol–water partition coefficient (Wildman–Crippen LogP) is 3.11. The topological polar surface area (TPSA) is 35.5 Å². The molecule has 1 aromatic carbocycles. The van der Waals surface area contributed by atoms with Crippen LogP contribution in [0.2, 0.25) is 0 Å². The molecule has 0 aliphatic heterocycles. The smallest absolute Gasteiger partial charge is 0.490 e. The van der Waals surface area contributed by atoms with Crippen LogP contribution >= 0.6 is 0 Å². The van der Waals surface area contributed by atoms with Crippen LogP contribution < -0.4 is 4.74 Å². The van der Waals surface area contributed by atoms with Gasteiger partial charge in [0.15, 0.2) is 5.78 Å². The second kappa shape index (κ2) is 5.86. The Morgan fingerprint density at radius 3 is 2.50 bits per heavy atom. The van der Waals surface area contributed by atoms with E-state index in [1.54, 1.807) is 18.2 Å². The molecule has 0 spiro atoms. The van der Waals surface area contributed by atoms with Crippen molar-refractivity contribution in [3.8, 4) is 5.75 Å². The number of aryl methyl sites for hydroxylation is 1. The zero-order chi connectivity index (χ0) is 13.8. The number of Topliss-reactive ketones (excluding diaryl/α,β-unsaturated/α-hetero) is 1. The zero-order valence-electron chi connectivity index (χ0n) is 10.0. The maximum Gasteiger partial charge on any atom is 0.522 e. The van der Waals surface area contributed by atoms with Crippen molar-refractivity contribution in [2.24, 2.45) is 0 Å². The molecule has 0 fully saturated rings. The molecular formula is C12H13F3O3. The van der Waals surface area contributed by atoms with Crippen molar-refractivity contribution < 1.29 is 27.4 Å². The molecule has 0 bridgehead atoms. The number of rotatable bonds is 5. The largest absolute Gasteiger partial charge is 0.522 e. The Morgan fingerprint density at radius 2 is 1.94 bits per heavy atom. The summed E-state index contributed by atoms with van der Waals surface area (Å²) < 4.78 is 43.8. The third kappa shape index (κ3) is 4.75. The highest BCUT2D eigenvalue weighted by atomic mass is 19.4. The standard InChI is InChI=1S/C12H13F3O3/c1-8-3-4-11(10(7-8)9(2)16)17-5-6-18-12(13,14)15/h3-4,7H,5-6H2,1-2H3. The van der Waals surface area contributed by atoms with Gasteiger partial charge in [-0.05, 0) is 26.0 Å². The van der Waals surface area contributed by atoms with E-state index in [2.05, 4.69) is 4.74 Å². The van der Waals surface area contributed by atoms with Gasteiger partial charge in [-0.25, -0.2) is 0 Å². The van der Waals surface area contributed by atoms with Crippen molar-refractivity contribution in [1.29, 1.82) is 0 Å². The van der Waals surface area contributed by atoms with Gasteiger partial charge in [-0.3, -0.25) is 9.53 Å². The normalized spacial score (nSPS) is 11.4. The zero-order valence-corrected chi connectivity index (χ0v) is 10.0. The minimum Gasteiger partial charge on any atom is -0.490 e. The first kappa shape index (κ1) is 14.5. The van der Waals surface area contributed by atoms with Crippen LogP contribution in [0.5, 0.6) is 5.75 Å². The lowest BCUT2D eigenvalue weighted by Gasteiger charge is -2.11. The average molecular weight is 262 g/mol. The quantitative estimate of drug-likeness (QED) is 0.604. The molecule has 0 aromatic heterocycles. The second-order valence-corrected chi connectivity index (χ2v) is 3.70. The molecule has 0 atom stereocenters. The maximum absolute atomic E-state index is 11.7. The molecule has 0 N–H and O–H groups in total. The Balaban J connectivity index is 2.59. The van der Waals surface area contributed by atoms with E-state index in [-0.39, 0.29) is 18.1 Å². The molecule has 0 aliphatic rings. The lowest BCUT2D eigenvalue weighted by atomic mass is 10.1. The summed E-state index contributed by atoms with van der Waals surface area (Å²) in [5, 5.41) is 0. The summed E-state index contributed by atoms with van der Waals surface area (Å²) in [6, 6.07) is 4.90. The monoisotopic (exact) mass is 262 g/mol. The number of carbonyl (C=O) groups is 1. The molecule has 1 rings (SSSR count). The summed E-state index contributed by atoms with van der Waals surface area (Å²) in [5.74, 6) is 0.0596. The first-order chi connectivity index (χ1) is 8.29. The van der Waals surface area contributed by atoms with Crippen molar-refractivity contribution in [3.05, 3.63) is 29.3 Å². The van der Waals surface area contributed by atoms with Gasteiger partial charge in [-0.2, -0.15) is 0 Å². The van der Waals surface area contributed by atoms with Crippen LogP contribution in [0.1, 0.15) is 22.8 Å². The molecule has 0 heterocycles. The number of ether oxygens (including phenoxy) is 2. The van der Waals surface area contributed by atoms with Crippen LogP contribution in [0.3, 0.4) is 0 Å². The summed E-state index contributed by atoms with van der Waals surface area (Å²) in [6.45, 7) is 2.29. The number of alkyl halides is 3. The van der Waals surface area contributed by atoms with Gasteiger partial charge in [0.2, 0.25) is 0 Å². The Morgan fingerprint density at radius 1 is 1.28 bits per heavy atom. The second-order valence-electron chi connectivity index (χ2n) is 3.70. The summed E-state index contributed by atoms with van der Waals surface area (Å²) in [4.78, 5) is 11.3. The van der Waals surface area contributed by atoms with Crippen molar-refractivity contribution in [2.45, 2.75) is 20.2 Å². The van der Waals surface area contributed by atoms with Crippen LogP contribution in [0.4, 0.5) is 13.2 Å². The molecular weight excluding hydrogens is 249 g/mol. The number of halogens is 3. The lowest BCUT2D eigenvalue weighted by Crippen LogP contribution is -2.18. The minimum atomic E-state index is -4.67. The van der Waals surface area contributed by atoms with Gasteiger partial charge in [-0.1, -0.05) is 11.6 Å². The number of carbonyl (C=O) groups excluding carboxylic acids is 1. The molecule has 18 heavy (non-hydrogen) atoms. The molecule has 0 saturated heterocycles. The summed E-state index contributed by atoms with van der Waals surface area (Å²) in [7, 11) is 0. The Labute approximate surface area is 103 Å². The van der Waals surface area contributed by atoms with E-state index in [4.69, 9.17) is 4.74 Å². The Kier molecular flexibility index (Phi) is 4.72. The molecule has 1 aromatic rings. The fourth-order valence-electron chi connectivity index (χ4n) is 1.35. The van der Waals surface area contributed by atoms with E-state index >= 15 is 0 Å². The fourth-order valence-corrected chi connectivity index (χ4v) is 1.35. The highest BCUT2D eigenvalue weighted by Crippen LogP contribution is 2.21. The van der Waals surface area contributed by atoms with E-state index in [0.29, 0.717) is 5.56 Å². The molecule has 6 heteroatoms. The molecule has 100 valence electrons. The molecule has 0 radical (unpaired) electrons. The van der Waals surface area contributed by atoms with Crippen LogP contribution in [0.15, 0.2) is 18.2 Å². The van der Waals surface area contributed by atoms with Gasteiger partial charge in [0, 0.05) is 0 Å². The number of ketones is 1. The van der Waals surface area contributed by atoms with E-state index in [1.807, 2.05) is 6.92 Å². The fraction of sp³-hybridized carbons (Fsp3) is 0.417. The van der Waals surface area contributed by atoms with Crippen LogP contribution in [-0.4, -0.2) is 25.4 Å². The van der Waals surface area contributed by atoms with Gasteiger partial charge in [-0.15, -0.1) is 13.2 Å². The van der Waals surface area contributed by atoms with E-state index in [0.717, 1.165) is 5.56 Å². The van der Waals surface area contributed by atoms with Gasteiger partial charge >= 0.3 is 6.36 Å². The first-order valence-electron chi connectivity index (χ1n) is 5.24. The van der Waals surface area contributed by atoms with E-state index < -0.39 is 13.0 Å². The number of hydrogen-bond acceptors (Lipinski definition) is 3. The molecule has 3 nitrogen and oxygen atoms in total. The van der Waals surface area contributed by atoms with Crippen LogP contribution in [0, 0.1) is 6.92 Å². The van der Waals surface area contributed by atoms with Crippen LogP contribution in [-0.2, 0) is 4.74 Å². The van der Waals surface area contributed by atoms with E-state index in [9.17, 15) is 18.0 Å². The SMILES string of the molecule is CC(=O)c1cc(C)ccc1OCCOC(F)(F)F. The summed E-state index contributed by atoms with van der Waals surface area (Å²) in [5.41, 5.74) is 1.22. The van der Waals surface area contributed by atoms with Crippen molar-refractivity contribution in [1.82, 2.24) is 0 Å². The minimum absolute atomic E-state index is 0.203. The molecule has 0 unspecified atom stereocenters. The van der Waals surface area contributed by atoms with Gasteiger partial charge in [0.25, 0.3) is 0 Å². The third-order valence-corrected chi connectivity index (χ3v) is 2.12. The van der Waals surface area contributed by atoms with Crippen LogP contribution in [0.25, 0.3) is 0 Å². The number of benzene rings is 1. The first-order valence-corrected chi connectivity index (χ1v) is 5.24. The molecule has 0 saturated carbocycles. The summed E-state index contributed by atoms with van der Waals surface area (Å²) in [6.07, 6.45) is -4.67. The van der Waals surface area contributed by atoms with Gasteiger partial charge in [0.05, 0.1) is 12.2 Å². The predicted molar refractivity (Wildman–Crippen MR) is 58.7 cm³/mol. The third-order valence-electron chi connectivity index (χ3n) is 2.12. The average Bonchev–Trinajstić information content (AvgIpc) is 2.24. The van der Waals surface area contributed by atoms with E-state index in [1.165, 1.54) is 6.92 Å². The Hall–Kier alpha value is -1.56. The van der Waals surface area contributed by atoms with Crippen molar-refractivity contribution >= 4 is 5.78 Å². The number of hydrogen-bond donors (Lipinski definition) is 0. The highest BCUT2D eigenvalue weighted by Gasteiger charge is 2.28. The van der Waals surface area contributed by atoms with Crippen molar-refractivity contribution in [2.75, 3.05) is 13.2 Å². The Bertz CT molecular complexity index is 427. The highest BCUT2D eigenvalue weighted by molar-refractivity contribution is 5.97. The molecule has 0 aliphatic carbocycles.